The number of rotatable bonds is 2. The molecule has 0 fully saturated rings. The molecule has 84 valence electrons. The van der Waals surface area contributed by atoms with Crippen LogP contribution in [0.3, 0.4) is 0 Å². The lowest BCUT2D eigenvalue weighted by Gasteiger charge is -2.12. The third-order valence-corrected chi connectivity index (χ3v) is 3.17. The zero-order valence-electron chi connectivity index (χ0n) is 8.54. The molecule has 0 aliphatic heterocycles. The molecule has 1 aliphatic carbocycles. The summed E-state index contributed by atoms with van der Waals surface area (Å²) in [5, 5.41) is 2.90. The summed E-state index contributed by atoms with van der Waals surface area (Å²) in [6.45, 7) is 0. The molecule has 0 unspecified atom stereocenters. The van der Waals surface area contributed by atoms with Crippen LogP contribution in [0.5, 0.6) is 0 Å². The molecule has 4 heteroatoms. The number of carbonyl (C=O) groups is 1. The van der Waals surface area contributed by atoms with Gasteiger partial charge in [-0.05, 0) is 47.0 Å². The van der Waals surface area contributed by atoms with E-state index < -0.39 is 0 Å². The second-order valence-corrected chi connectivity index (χ2v) is 4.59. The molecule has 1 aromatic carbocycles. The Morgan fingerprint density at radius 2 is 2.06 bits per heavy atom. The molecular weight excluding hydrogens is 273 g/mol. The van der Waals surface area contributed by atoms with E-state index in [0.717, 1.165) is 12.8 Å². The van der Waals surface area contributed by atoms with Crippen molar-refractivity contribution in [1.29, 1.82) is 0 Å². The van der Waals surface area contributed by atoms with Crippen molar-refractivity contribution in [3.05, 3.63) is 46.2 Å². The smallest absolute Gasteiger partial charge is 0.252 e. The van der Waals surface area contributed by atoms with Gasteiger partial charge in [-0.25, -0.2) is 4.39 Å². The minimum absolute atomic E-state index is 0.166. The number of amides is 1. The predicted octanol–water partition coefficient (Wildman–Crippen LogP) is 3.04. The highest BCUT2D eigenvalue weighted by molar-refractivity contribution is 9.10. The van der Waals surface area contributed by atoms with E-state index in [1.54, 1.807) is 0 Å². The number of carbonyl (C=O) groups excluding carboxylic acids is 1. The lowest BCUT2D eigenvalue weighted by atomic mass is 10.1. The van der Waals surface area contributed by atoms with Gasteiger partial charge in [0.1, 0.15) is 5.82 Å². The predicted molar refractivity (Wildman–Crippen MR) is 63.7 cm³/mol. The highest BCUT2D eigenvalue weighted by Crippen LogP contribution is 2.19. The molecule has 0 aromatic heterocycles. The van der Waals surface area contributed by atoms with Crippen molar-refractivity contribution in [2.24, 2.45) is 0 Å². The van der Waals surface area contributed by atoms with Crippen molar-refractivity contribution in [2.45, 2.75) is 18.9 Å². The van der Waals surface area contributed by atoms with E-state index in [1.807, 2.05) is 12.2 Å². The van der Waals surface area contributed by atoms with Crippen molar-refractivity contribution in [3.63, 3.8) is 0 Å². The third-order valence-electron chi connectivity index (χ3n) is 2.52. The lowest BCUT2D eigenvalue weighted by Crippen LogP contribution is -2.33. The zero-order valence-corrected chi connectivity index (χ0v) is 10.1. The highest BCUT2D eigenvalue weighted by Gasteiger charge is 2.16. The molecule has 0 atom stereocenters. The molecule has 1 aromatic rings. The number of halogens is 2. The van der Waals surface area contributed by atoms with Crippen LogP contribution in [0.1, 0.15) is 23.2 Å². The molecule has 0 radical (unpaired) electrons. The first-order valence-corrected chi connectivity index (χ1v) is 5.87. The average molecular weight is 284 g/mol. The molecule has 0 spiro atoms. The minimum atomic E-state index is -0.356. The molecule has 0 heterocycles. The first-order valence-electron chi connectivity index (χ1n) is 5.08. The molecule has 1 amide bonds. The largest absolute Gasteiger partial charge is 0.349 e. The molecular formula is C12H11BrFNO. The maximum absolute atomic E-state index is 12.8. The number of hydrogen-bond donors (Lipinski definition) is 1. The van der Waals surface area contributed by atoms with Crippen LogP contribution in [0.4, 0.5) is 4.39 Å². The van der Waals surface area contributed by atoms with Gasteiger partial charge in [-0.2, -0.15) is 0 Å². The monoisotopic (exact) mass is 283 g/mol. The van der Waals surface area contributed by atoms with E-state index in [0.29, 0.717) is 10.0 Å². The summed E-state index contributed by atoms with van der Waals surface area (Å²) < 4.78 is 13.3. The van der Waals surface area contributed by atoms with Crippen LogP contribution in [0, 0.1) is 5.82 Å². The summed E-state index contributed by atoms with van der Waals surface area (Å²) in [6.07, 6.45) is 5.82. The molecule has 0 saturated carbocycles. The Balaban J connectivity index is 2.08. The maximum atomic E-state index is 12.8. The summed E-state index contributed by atoms with van der Waals surface area (Å²) in [6, 6.07) is 4.23. The summed E-state index contributed by atoms with van der Waals surface area (Å²) >= 11 is 3.18. The summed E-state index contributed by atoms with van der Waals surface area (Å²) in [5.41, 5.74) is 0.466. The Bertz CT molecular complexity index is 437. The van der Waals surface area contributed by atoms with Crippen LogP contribution in [0.15, 0.2) is 34.8 Å². The van der Waals surface area contributed by atoms with Gasteiger partial charge >= 0.3 is 0 Å². The Morgan fingerprint density at radius 3 is 2.69 bits per heavy atom. The van der Waals surface area contributed by atoms with Crippen molar-refractivity contribution in [2.75, 3.05) is 0 Å². The standard InChI is InChI=1S/C12H11BrFNO/c13-11-7-8(14)5-6-10(11)12(16)15-9-3-1-2-4-9/h1-2,5-7,9H,3-4H2,(H,15,16). The van der Waals surface area contributed by atoms with Gasteiger partial charge in [0, 0.05) is 10.5 Å². The number of nitrogens with one attached hydrogen (secondary N) is 1. The van der Waals surface area contributed by atoms with E-state index in [-0.39, 0.29) is 17.8 Å². The molecule has 16 heavy (non-hydrogen) atoms. The van der Waals surface area contributed by atoms with Crippen LogP contribution in [-0.4, -0.2) is 11.9 Å². The molecule has 0 bridgehead atoms. The molecule has 2 rings (SSSR count). The molecule has 1 aliphatic rings. The van der Waals surface area contributed by atoms with Crippen LogP contribution in [0.25, 0.3) is 0 Å². The Kier molecular flexibility index (Phi) is 3.39. The fourth-order valence-electron chi connectivity index (χ4n) is 1.67. The van der Waals surface area contributed by atoms with E-state index in [2.05, 4.69) is 21.2 Å². The van der Waals surface area contributed by atoms with E-state index >= 15 is 0 Å². The van der Waals surface area contributed by atoms with Gasteiger partial charge in [-0.3, -0.25) is 4.79 Å². The summed E-state index contributed by atoms with van der Waals surface area (Å²) in [5.74, 6) is -0.522. The van der Waals surface area contributed by atoms with Gasteiger partial charge in [0.05, 0.1) is 5.56 Å². The van der Waals surface area contributed by atoms with Crippen LogP contribution < -0.4 is 5.32 Å². The second-order valence-electron chi connectivity index (χ2n) is 3.74. The van der Waals surface area contributed by atoms with Crippen molar-refractivity contribution >= 4 is 21.8 Å². The van der Waals surface area contributed by atoms with Crippen molar-refractivity contribution in [3.8, 4) is 0 Å². The van der Waals surface area contributed by atoms with Gasteiger partial charge < -0.3 is 5.32 Å². The Hall–Kier alpha value is -1.16. The third kappa shape index (κ3) is 2.50. The fourth-order valence-corrected chi connectivity index (χ4v) is 2.20. The molecule has 0 saturated heterocycles. The van der Waals surface area contributed by atoms with Gasteiger partial charge in [-0.1, -0.05) is 12.2 Å². The number of hydrogen-bond acceptors (Lipinski definition) is 1. The SMILES string of the molecule is O=C(NC1CC=CC1)c1ccc(F)cc1Br. The van der Waals surface area contributed by atoms with Crippen LogP contribution >= 0.6 is 15.9 Å². The first-order chi connectivity index (χ1) is 7.66. The number of benzene rings is 1. The van der Waals surface area contributed by atoms with E-state index in [1.165, 1.54) is 18.2 Å². The van der Waals surface area contributed by atoms with Gasteiger partial charge in [0.25, 0.3) is 5.91 Å². The first kappa shape index (κ1) is 11.3. The zero-order chi connectivity index (χ0) is 11.5. The Labute approximate surface area is 102 Å². The Morgan fingerprint density at radius 1 is 1.38 bits per heavy atom. The lowest BCUT2D eigenvalue weighted by molar-refractivity contribution is 0.0938. The summed E-state index contributed by atoms with van der Waals surface area (Å²) in [4.78, 5) is 11.8. The summed E-state index contributed by atoms with van der Waals surface area (Å²) in [7, 11) is 0. The highest BCUT2D eigenvalue weighted by atomic mass is 79.9. The molecule has 2 nitrogen and oxygen atoms in total. The van der Waals surface area contributed by atoms with Gasteiger partial charge in [0.2, 0.25) is 0 Å². The van der Waals surface area contributed by atoms with Crippen LogP contribution in [-0.2, 0) is 0 Å². The second kappa shape index (κ2) is 4.78. The topological polar surface area (TPSA) is 29.1 Å². The maximum Gasteiger partial charge on any atom is 0.252 e. The quantitative estimate of drug-likeness (QED) is 0.831. The van der Waals surface area contributed by atoms with Crippen LogP contribution in [0.2, 0.25) is 0 Å². The van der Waals surface area contributed by atoms with Gasteiger partial charge in [0.15, 0.2) is 0 Å². The average Bonchev–Trinajstić information content (AvgIpc) is 2.70. The normalized spacial score (nSPS) is 15.4. The van der Waals surface area contributed by atoms with Gasteiger partial charge in [-0.15, -0.1) is 0 Å². The minimum Gasteiger partial charge on any atom is -0.349 e. The van der Waals surface area contributed by atoms with E-state index in [4.69, 9.17) is 0 Å². The van der Waals surface area contributed by atoms with E-state index in [9.17, 15) is 9.18 Å². The van der Waals surface area contributed by atoms with Crippen molar-refractivity contribution < 1.29 is 9.18 Å². The fraction of sp³-hybridized carbons (Fsp3) is 0.250. The van der Waals surface area contributed by atoms with Crippen molar-refractivity contribution in [1.82, 2.24) is 5.32 Å². The molecule has 1 N–H and O–H groups in total.